The number of hydrogen-bond acceptors (Lipinski definition) is 7. The molecule has 0 spiro atoms. The van der Waals surface area contributed by atoms with Gasteiger partial charge in [-0.25, -0.2) is 0 Å². The van der Waals surface area contributed by atoms with Crippen LogP contribution in [0.25, 0.3) is 0 Å². The maximum absolute atomic E-state index is 14.3. The van der Waals surface area contributed by atoms with Crippen LogP contribution in [-0.4, -0.2) is 43.6 Å². The molecule has 0 saturated heterocycles. The Bertz CT molecular complexity index is 2010. The number of aryl methyl sites for hydroxylation is 1. The number of fused-ring (bicyclic) bond motifs is 3. The highest BCUT2D eigenvalue weighted by atomic mass is 16.5. The molecule has 0 fully saturated rings. The second-order valence-electron chi connectivity index (χ2n) is 12.0. The third-order valence-corrected chi connectivity index (χ3v) is 8.90. The fourth-order valence-corrected chi connectivity index (χ4v) is 6.39. The fraction of sp³-hybridized carbons (Fsp3) is 0.211. The average molecular weight is 642 g/mol. The van der Waals surface area contributed by atoms with E-state index in [0.717, 1.165) is 5.56 Å². The van der Waals surface area contributed by atoms with Gasteiger partial charge in [0.25, 0.3) is 11.8 Å². The fourth-order valence-electron chi connectivity index (χ4n) is 6.39. The first-order chi connectivity index (χ1) is 23.4. The van der Waals surface area contributed by atoms with Crippen LogP contribution in [0.4, 0.5) is 17.1 Å². The van der Waals surface area contributed by atoms with E-state index in [2.05, 4.69) is 10.3 Å². The lowest BCUT2D eigenvalue weighted by atomic mass is 9.82. The average Bonchev–Trinajstić information content (AvgIpc) is 3.60. The molecular weight excluding hydrogens is 606 g/mol. The first kappa shape index (κ1) is 31.0. The molecule has 10 nitrogen and oxygen atoms in total. The van der Waals surface area contributed by atoms with E-state index < -0.39 is 17.4 Å². The lowest BCUT2D eigenvalue weighted by Gasteiger charge is -2.28. The molecular formula is C38H35N5O5. The molecule has 0 unspecified atom stereocenters. The van der Waals surface area contributed by atoms with Gasteiger partial charge in [0.05, 0.1) is 29.2 Å². The van der Waals surface area contributed by atoms with Gasteiger partial charge in [0.2, 0.25) is 0 Å². The maximum Gasteiger partial charge on any atom is 0.266 e. The first-order valence-corrected chi connectivity index (χ1v) is 16.0. The molecule has 5 aromatic rings. The third kappa shape index (κ3) is 5.55. The summed E-state index contributed by atoms with van der Waals surface area (Å²) in [6, 6.07) is 29.4. The lowest BCUT2D eigenvalue weighted by Crippen LogP contribution is -2.44. The number of aromatic nitrogens is 3. The minimum Gasteiger partial charge on any atom is -0.454 e. The maximum atomic E-state index is 14.3. The van der Waals surface area contributed by atoms with Crippen molar-refractivity contribution in [1.29, 1.82) is 0 Å². The lowest BCUT2D eigenvalue weighted by molar-refractivity contribution is -0.139. The number of carbonyl (C=O) groups excluding carboxylic acids is 2. The van der Waals surface area contributed by atoms with E-state index in [-0.39, 0.29) is 19.1 Å². The van der Waals surface area contributed by atoms with Crippen molar-refractivity contribution in [1.82, 2.24) is 15.0 Å². The predicted molar refractivity (Wildman–Crippen MR) is 181 cm³/mol. The Labute approximate surface area is 278 Å². The Morgan fingerprint density at radius 2 is 1.67 bits per heavy atom. The molecule has 2 N–H and O–H groups in total. The van der Waals surface area contributed by atoms with E-state index in [1.54, 1.807) is 44.9 Å². The van der Waals surface area contributed by atoms with Crippen molar-refractivity contribution >= 4 is 28.9 Å². The van der Waals surface area contributed by atoms with Crippen LogP contribution < -0.4 is 14.5 Å². The van der Waals surface area contributed by atoms with E-state index in [9.17, 15) is 14.7 Å². The SMILES string of the molecule is C[C@@H](/C=C/CCn1cc(CCO)nn1)[C@]1(O)C(=O)N(Cc2ccccc2)c2ccc(N3C(=O)c4ccccc4Oc4ccccc43)cc21. The molecule has 0 bridgehead atoms. The Morgan fingerprint density at radius 3 is 2.48 bits per heavy atom. The van der Waals surface area contributed by atoms with Crippen LogP contribution in [0.3, 0.4) is 0 Å². The Morgan fingerprint density at radius 1 is 0.917 bits per heavy atom. The van der Waals surface area contributed by atoms with Crippen LogP contribution in [0.15, 0.2) is 115 Å². The Hall–Kier alpha value is -5.58. The molecule has 10 heteroatoms. The van der Waals surface area contributed by atoms with Gasteiger partial charge in [-0.05, 0) is 54.4 Å². The second-order valence-corrected chi connectivity index (χ2v) is 12.0. The summed E-state index contributed by atoms with van der Waals surface area (Å²) in [6.45, 7) is 2.66. The zero-order chi connectivity index (χ0) is 33.3. The third-order valence-electron chi connectivity index (χ3n) is 8.90. The molecule has 1 aromatic heterocycles. The van der Waals surface area contributed by atoms with Crippen LogP contribution in [0.2, 0.25) is 0 Å². The van der Waals surface area contributed by atoms with Gasteiger partial charge in [-0.3, -0.25) is 19.2 Å². The topological polar surface area (TPSA) is 121 Å². The van der Waals surface area contributed by atoms with E-state index in [1.807, 2.05) is 91.9 Å². The molecule has 0 aliphatic carbocycles. The van der Waals surface area contributed by atoms with E-state index in [0.29, 0.717) is 64.8 Å². The molecule has 7 rings (SSSR count). The second kappa shape index (κ2) is 12.9. The van der Waals surface area contributed by atoms with Gasteiger partial charge in [0.1, 0.15) is 5.75 Å². The van der Waals surface area contributed by atoms with Crippen molar-refractivity contribution in [2.75, 3.05) is 16.4 Å². The number of carbonyl (C=O) groups is 2. The summed E-state index contributed by atoms with van der Waals surface area (Å²) >= 11 is 0. The summed E-state index contributed by atoms with van der Waals surface area (Å²) in [5.74, 6) is -0.365. The van der Waals surface area contributed by atoms with Crippen molar-refractivity contribution in [2.24, 2.45) is 5.92 Å². The molecule has 48 heavy (non-hydrogen) atoms. The van der Waals surface area contributed by atoms with Gasteiger partial charge in [-0.1, -0.05) is 78.9 Å². The molecule has 242 valence electrons. The van der Waals surface area contributed by atoms with Gasteiger partial charge in [-0.2, -0.15) is 0 Å². The van der Waals surface area contributed by atoms with Crippen LogP contribution >= 0.6 is 0 Å². The zero-order valence-electron chi connectivity index (χ0n) is 26.4. The number of benzene rings is 4. The largest absolute Gasteiger partial charge is 0.454 e. The van der Waals surface area contributed by atoms with Crippen molar-refractivity contribution < 1.29 is 24.5 Å². The van der Waals surface area contributed by atoms with Crippen molar-refractivity contribution in [3.05, 3.63) is 138 Å². The molecule has 2 aliphatic heterocycles. The first-order valence-electron chi connectivity index (χ1n) is 16.0. The minimum absolute atomic E-state index is 0.00665. The van der Waals surface area contributed by atoms with Crippen LogP contribution in [0, 0.1) is 5.92 Å². The highest BCUT2D eigenvalue weighted by Crippen LogP contribution is 2.49. The number of hydrogen-bond donors (Lipinski definition) is 2. The molecule has 2 amide bonds. The van der Waals surface area contributed by atoms with Gasteiger partial charge >= 0.3 is 0 Å². The number of aliphatic hydroxyl groups excluding tert-OH is 1. The van der Waals surface area contributed by atoms with E-state index in [4.69, 9.17) is 9.84 Å². The van der Waals surface area contributed by atoms with Crippen LogP contribution in [-0.2, 0) is 29.9 Å². The summed E-state index contributed by atoms with van der Waals surface area (Å²) in [5.41, 5.74) is 2.20. The molecule has 4 aromatic carbocycles. The van der Waals surface area contributed by atoms with Gasteiger partial charge in [-0.15, -0.1) is 5.10 Å². The number of allylic oxidation sites excluding steroid dienone is 1. The van der Waals surface area contributed by atoms with Crippen molar-refractivity contribution in [3.8, 4) is 11.5 Å². The van der Waals surface area contributed by atoms with Crippen molar-refractivity contribution in [2.45, 2.75) is 38.5 Å². The summed E-state index contributed by atoms with van der Waals surface area (Å²) in [5, 5.41) is 29.8. The number of anilines is 3. The number of rotatable bonds is 10. The Balaban J connectivity index is 1.26. The standard InChI is InChI=1S/C38H35N5O5/c1-26(11-9-10-21-41-25-28(20-22-44)39-40-41)38(47)31-23-29(18-19-32(31)42(37(38)46)24-27-12-3-2-4-13-27)43-33-15-6-8-17-35(33)48-34-16-7-5-14-30(34)36(43)45/h2-9,11-19,23,25-26,44,47H,10,20-22,24H2,1H3/b11-9+/t26-,38+/m0/s1. The molecule has 2 atom stereocenters. The number of aliphatic hydroxyl groups is 2. The quantitative estimate of drug-likeness (QED) is 0.182. The summed E-state index contributed by atoms with van der Waals surface area (Å²) in [4.78, 5) is 31.7. The predicted octanol–water partition coefficient (Wildman–Crippen LogP) is 5.91. The zero-order valence-corrected chi connectivity index (χ0v) is 26.4. The normalized spacial score (nSPS) is 17.6. The molecule has 0 saturated carbocycles. The summed E-state index contributed by atoms with van der Waals surface area (Å²) < 4.78 is 7.90. The van der Waals surface area contributed by atoms with Gasteiger partial charge in [0.15, 0.2) is 11.4 Å². The van der Waals surface area contributed by atoms with Gasteiger partial charge in [0, 0.05) is 42.9 Å². The summed E-state index contributed by atoms with van der Waals surface area (Å²) in [7, 11) is 0. The smallest absolute Gasteiger partial charge is 0.266 e. The highest BCUT2D eigenvalue weighted by Gasteiger charge is 2.53. The highest BCUT2D eigenvalue weighted by molar-refractivity contribution is 6.15. The van der Waals surface area contributed by atoms with Crippen molar-refractivity contribution in [3.63, 3.8) is 0 Å². The van der Waals surface area contributed by atoms with E-state index >= 15 is 0 Å². The molecule has 3 heterocycles. The monoisotopic (exact) mass is 641 g/mol. The number of ether oxygens (including phenoxy) is 1. The molecule has 2 aliphatic rings. The number of nitrogens with zero attached hydrogens (tertiary/aromatic N) is 5. The summed E-state index contributed by atoms with van der Waals surface area (Å²) in [6.07, 6.45) is 6.61. The Kier molecular flexibility index (Phi) is 8.34. The van der Waals surface area contributed by atoms with Crippen LogP contribution in [0.5, 0.6) is 11.5 Å². The molecule has 0 radical (unpaired) electrons. The number of amides is 2. The van der Waals surface area contributed by atoms with E-state index in [1.165, 1.54) is 0 Å². The minimum atomic E-state index is -1.90. The number of para-hydroxylation sites is 3. The van der Waals surface area contributed by atoms with Crippen LogP contribution in [0.1, 0.15) is 40.5 Å². The van der Waals surface area contributed by atoms with Gasteiger partial charge < -0.3 is 19.8 Å².